The van der Waals surface area contributed by atoms with Crippen molar-refractivity contribution in [3.63, 3.8) is 0 Å². The Morgan fingerprint density at radius 1 is 1.00 bits per heavy atom. The second-order valence-corrected chi connectivity index (χ2v) is 5.35. The van der Waals surface area contributed by atoms with Gasteiger partial charge in [0.15, 0.2) is 11.6 Å². The van der Waals surface area contributed by atoms with Crippen LogP contribution < -0.4 is 5.32 Å². The summed E-state index contributed by atoms with van der Waals surface area (Å²) in [5.41, 5.74) is 1.37. The first kappa shape index (κ1) is 16.3. The highest BCUT2D eigenvalue weighted by Gasteiger charge is 2.13. The summed E-state index contributed by atoms with van der Waals surface area (Å²) < 4.78 is 28.8. The molecule has 1 unspecified atom stereocenters. The smallest absolute Gasteiger partial charge is 0.151 e. The third-order valence-electron chi connectivity index (χ3n) is 3.73. The molecule has 1 heterocycles. The van der Waals surface area contributed by atoms with Gasteiger partial charge in [-0.05, 0) is 23.8 Å². The van der Waals surface area contributed by atoms with Crippen LogP contribution in [0.2, 0.25) is 0 Å². The summed E-state index contributed by atoms with van der Waals surface area (Å²) in [5.74, 6) is -1.34. The maximum Gasteiger partial charge on any atom is 0.151 e. The quantitative estimate of drug-likeness (QED) is 0.731. The molecule has 3 rings (SSSR count). The monoisotopic (exact) mass is 329 g/mol. The average molecular weight is 329 g/mol. The Hall–Kier alpha value is -2.57. The van der Waals surface area contributed by atoms with Gasteiger partial charge in [0.25, 0.3) is 0 Å². The predicted octanol–water partition coefficient (Wildman–Crippen LogP) is 2.97. The number of aromatic nitrogens is 2. The molecule has 4 nitrogen and oxygen atoms in total. The van der Waals surface area contributed by atoms with E-state index in [-0.39, 0.29) is 18.3 Å². The van der Waals surface area contributed by atoms with Crippen LogP contribution in [0.5, 0.6) is 0 Å². The van der Waals surface area contributed by atoms with Gasteiger partial charge in [0, 0.05) is 12.7 Å². The van der Waals surface area contributed by atoms with Gasteiger partial charge in [0.1, 0.15) is 5.69 Å². The van der Waals surface area contributed by atoms with Crippen molar-refractivity contribution in [2.45, 2.75) is 12.6 Å². The number of halogens is 2. The van der Waals surface area contributed by atoms with Gasteiger partial charge < -0.3 is 10.4 Å². The summed E-state index contributed by atoms with van der Waals surface area (Å²) in [4.78, 5) is 0. The summed E-state index contributed by atoms with van der Waals surface area (Å²) in [6.07, 6.45) is 1.51. The van der Waals surface area contributed by atoms with Crippen molar-refractivity contribution in [1.82, 2.24) is 15.1 Å². The zero-order valence-corrected chi connectivity index (χ0v) is 12.9. The summed E-state index contributed by atoms with van der Waals surface area (Å²) in [7, 11) is 0. The third kappa shape index (κ3) is 3.50. The lowest BCUT2D eigenvalue weighted by Crippen LogP contribution is -2.24. The Balaban J connectivity index is 1.72. The largest absolute Gasteiger partial charge is 0.394 e. The highest BCUT2D eigenvalue weighted by Crippen LogP contribution is 2.17. The Morgan fingerprint density at radius 2 is 1.71 bits per heavy atom. The van der Waals surface area contributed by atoms with E-state index in [0.717, 1.165) is 5.56 Å². The van der Waals surface area contributed by atoms with Crippen LogP contribution in [0.1, 0.15) is 17.3 Å². The van der Waals surface area contributed by atoms with Crippen molar-refractivity contribution in [3.05, 3.63) is 83.7 Å². The first-order chi connectivity index (χ1) is 11.7. The van der Waals surface area contributed by atoms with Crippen molar-refractivity contribution >= 4 is 0 Å². The molecule has 0 fully saturated rings. The minimum Gasteiger partial charge on any atom is -0.394 e. The molecule has 2 aromatic carbocycles. The molecule has 24 heavy (non-hydrogen) atoms. The summed E-state index contributed by atoms with van der Waals surface area (Å²) in [5, 5.41) is 16.9. The van der Waals surface area contributed by atoms with Crippen molar-refractivity contribution in [2.75, 3.05) is 6.61 Å². The van der Waals surface area contributed by atoms with Crippen LogP contribution in [-0.4, -0.2) is 21.5 Å². The molecule has 0 saturated carbocycles. The van der Waals surface area contributed by atoms with Crippen molar-refractivity contribution in [2.24, 2.45) is 0 Å². The SMILES string of the molecule is OCC(NCc1ccn(-c2c(F)cccc2F)n1)c1ccccc1. The summed E-state index contributed by atoms with van der Waals surface area (Å²) >= 11 is 0. The molecule has 6 heteroatoms. The lowest BCUT2D eigenvalue weighted by Gasteiger charge is -2.15. The number of hydrogen-bond donors (Lipinski definition) is 2. The first-order valence-corrected chi connectivity index (χ1v) is 7.57. The molecule has 0 amide bonds. The third-order valence-corrected chi connectivity index (χ3v) is 3.73. The van der Waals surface area contributed by atoms with E-state index in [9.17, 15) is 13.9 Å². The van der Waals surface area contributed by atoms with Crippen molar-refractivity contribution < 1.29 is 13.9 Å². The fraction of sp³-hybridized carbons (Fsp3) is 0.167. The number of nitrogens with zero attached hydrogens (tertiary/aromatic N) is 2. The van der Waals surface area contributed by atoms with Crippen LogP contribution >= 0.6 is 0 Å². The second kappa shape index (κ2) is 7.33. The Kier molecular flexibility index (Phi) is 4.98. The summed E-state index contributed by atoms with van der Waals surface area (Å²) in [6, 6.07) is 14.7. The average Bonchev–Trinajstić information content (AvgIpc) is 3.05. The van der Waals surface area contributed by atoms with E-state index in [4.69, 9.17) is 0 Å². The highest BCUT2D eigenvalue weighted by molar-refractivity contribution is 5.34. The molecule has 0 aliphatic carbocycles. The van der Waals surface area contributed by atoms with E-state index in [2.05, 4.69) is 10.4 Å². The van der Waals surface area contributed by atoms with E-state index in [0.29, 0.717) is 12.2 Å². The van der Waals surface area contributed by atoms with Gasteiger partial charge in [0.2, 0.25) is 0 Å². The number of rotatable bonds is 6. The van der Waals surface area contributed by atoms with Gasteiger partial charge in [-0.15, -0.1) is 0 Å². The topological polar surface area (TPSA) is 50.1 Å². The molecular formula is C18H17F2N3O. The second-order valence-electron chi connectivity index (χ2n) is 5.35. The molecule has 2 N–H and O–H groups in total. The van der Waals surface area contributed by atoms with E-state index < -0.39 is 11.6 Å². The number of aliphatic hydroxyl groups is 1. The van der Waals surface area contributed by atoms with Crippen molar-refractivity contribution in [1.29, 1.82) is 0 Å². The van der Waals surface area contributed by atoms with Crippen LogP contribution in [0.25, 0.3) is 5.69 Å². The molecular weight excluding hydrogens is 312 g/mol. The van der Waals surface area contributed by atoms with Crippen molar-refractivity contribution in [3.8, 4) is 5.69 Å². The van der Waals surface area contributed by atoms with Crippen LogP contribution in [0.4, 0.5) is 8.78 Å². The zero-order valence-electron chi connectivity index (χ0n) is 12.9. The predicted molar refractivity (Wildman–Crippen MR) is 86.6 cm³/mol. The minimum absolute atomic E-state index is 0.0628. The maximum atomic E-state index is 13.8. The molecule has 1 aromatic heterocycles. The van der Waals surface area contributed by atoms with Gasteiger partial charge >= 0.3 is 0 Å². The standard InChI is InChI=1S/C18H17F2N3O/c19-15-7-4-8-16(20)18(15)23-10-9-14(22-23)11-21-17(12-24)13-5-2-1-3-6-13/h1-10,17,21,24H,11-12H2. The highest BCUT2D eigenvalue weighted by atomic mass is 19.1. The molecule has 0 radical (unpaired) electrons. The van der Waals surface area contributed by atoms with Gasteiger partial charge in [0.05, 0.1) is 18.3 Å². The Labute approximate surface area is 138 Å². The molecule has 0 bridgehead atoms. The molecule has 0 saturated heterocycles. The van der Waals surface area contributed by atoms with Gasteiger partial charge in [-0.2, -0.15) is 5.10 Å². The molecule has 0 aliphatic rings. The number of nitrogens with one attached hydrogen (secondary N) is 1. The molecule has 1 atom stereocenters. The number of hydrogen-bond acceptors (Lipinski definition) is 3. The number of para-hydroxylation sites is 1. The van der Waals surface area contributed by atoms with Crippen LogP contribution in [-0.2, 0) is 6.54 Å². The van der Waals surface area contributed by atoms with E-state index in [1.807, 2.05) is 30.3 Å². The zero-order chi connectivity index (χ0) is 16.9. The van der Waals surface area contributed by atoms with Gasteiger partial charge in [-0.1, -0.05) is 36.4 Å². The summed E-state index contributed by atoms with van der Waals surface area (Å²) in [6.45, 7) is 0.301. The number of benzene rings is 2. The van der Waals surface area contributed by atoms with E-state index in [1.165, 1.54) is 29.1 Å². The molecule has 0 spiro atoms. The Morgan fingerprint density at radius 3 is 2.38 bits per heavy atom. The van der Waals surface area contributed by atoms with Gasteiger partial charge in [-0.3, -0.25) is 0 Å². The lowest BCUT2D eigenvalue weighted by atomic mass is 10.1. The normalized spacial score (nSPS) is 12.3. The van der Waals surface area contributed by atoms with E-state index >= 15 is 0 Å². The lowest BCUT2D eigenvalue weighted by molar-refractivity contribution is 0.243. The number of aliphatic hydroxyl groups excluding tert-OH is 1. The first-order valence-electron chi connectivity index (χ1n) is 7.57. The molecule has 124 valence electrons. The fourth-order valence-corrected chi connectivity index (χ4v) is 2.49. The minimum atomic E-state index is -0.671. The Bertz CT molecular complexity index is 785. The maximum absolute atomic E-state index is 13.8. The van der Waals surface area contributed by atoms with E-state index in [1.54, 1.807) is 6.07 Å². The fourth-order valence-electron chi connectivity index (χ4n) is 2.49. The molecule has 3 aromatic rings. The van der Waals surface area contributed by atoms with Crippen LogP contribution in [0.3, 0.4) is 0 Å². The molecule has 0 aliphatic heterocycles. The van der Waals surface area contributed by atoms with Crippen LogP contribution in [0.15, 0.2) is 60.8 Å². The van der Waals surface area contributed by atoms with Crippen LogP contribution in [0, 0.1) is 11.6 Å². The van der Waals surface area contributed by atoms with Gasteiger partial charge in [-0.25, -0.2) is 13.5 Å².